The first-order chi connectivity index (χ1) is 24.5. The van der Waals surface area contributed by atoms with E-state index in [1.807, 2.05) is 128 Å². The summed E-state index contributed by atoms with van der Waals surface area (Å²) in [4.78, 5) is 0. The molecular formula is C46H48O6. The number of benzene rings is 6. The van der Waals surface area contributed by atoms with E-state index < -0.39 is 0 Å². The molecule has 0 saturated heterocycles. The molecule has 0 aliphatic heterocycles. The van der Waals surface area contributed by atoms with E-state index in [9.17, 15) is 30.6 Å². The molecule has 0 atom stereocenters. The zero-order chi connectivity index (χ0) is 38.0. The number of phenols is 6. The van der Waals surface area contributed by atoms with Crippen LogP contribution in [-0.2, 0) is 0 Å². The largest absolute Gasteiger partial charge is 0.508 e. The van der Waals surface area contributed by atoms with Crippen LogP contribution in [0.25, 0.3) is 0 Å². The summed E-state index contributed by atoms with van der Waals surface area (Å²) in [7, 11) is 0. The maximum atomic E-state index is 10.1. The van der Waals surface area contributed by atoms with Gasteiger partial charge >= 0.3 is 0 Å². The number of aryl methyl sites for hydroxylation is 8. The summed E-state index contributed by atoms with van der Waals surface area (Å²) in [6, 6.07) is 30.3. The molecule has 6 N–H and O–H groups in total. The normalized spacial score (nSPS) is 11.1. The summed E-state index contributed by atoms with van der Waals surface area (Å²) in [6.45, 7) is 15.1. The van der Waals surface area contributed by atoms with E-state index in [1.165, 1.54) is 0 Å². The fraction of sp³-hybridized carbons (Fsp3) is 0.217. The molecule has 268 valence electrons. The minimum Gasteiger partial charge on any atom is -0.508 e. The molecule has 0 spiro atoms. The lowest BCUT2D eigenvalue weighted by Gasteiger charge is -2.22. The van der Waals surface area contributed by atoms with Gasteiger partial charge in [0, 0.05) is 11.8 Å². The van der Waals surface area contributed by atoms with Gasteiger partial charge in [-0.3, -0.25) is 0 Å². The van der Waals surface area contributed by atoms with E-state index >= 15 is 0 Å². The molecule has 0 aliphatic rings. The lowest BCUT2D eigenvalue weighted by Crippen LogP contribution is -2.05. The van der Waals surface area contributed by atoms with Crippen molar-refractivity contribution in [2.24, 2.45) is 0 Å². The van der Waals surface area contributed by atoms with Crippen LogP contribution in [0.15, 0.2) is 97.1 Å². The van der Waals surface area contributed by atoms with Gasteiger partial charge in [-0.05, 0) is 158 Å². The van der Waals surface area contributed by atoms with E-state index in [-0.39, 0.29) is 23.3 Å². The lowest BCUT2D eigenvalue weighted by molar-refractivity contribution is 0.465. The molecule has 6 heteroatoms. The summed E-state index contributed by atoms with van der Waals surface area (Å²) >= 11 is 0. The SMILES string of the molecule is Cc1cc(C(c2ccc(O)cc2)c2cc(C)c(O)c(C)c2)cc(C)c1O.Cc1cc(C(c2cccc(O)c2)c2cc(C)c(O)c(C)c2)cc(C)c1O. The van der Waals surface area contributed by atoms with Gasteiger partial charge in [-0.15, -0.1) is 0 Å². The minimum absolute atomic E-state index is 0.0633. The van der Waals surface area contributed by atoms with E-state index in [4.69, 9.17) is 0 Å². The molecule has 6 aromatic carbocycles. The van der Waals surface area contributed by atoms with Crippen LogP contribution in [0.2, 0.25) is 0 Å². The fourth-order valence-electron chi connectivity index (χ4n) is 7.15. The molecule has 0 heterocycles. The monoisotopic (exact) mass is 696 g/mol. The number of rotatable bonds is 6. The Morgan fingerprint density at radius 1 is 0.288 bits per heavy atom. The first-order valence-electron chi connectivity index (χ1n) is 17.3. The van der Waals surface area contributed by atoms with Crippen LogP contribution in [0.3, 0.4) is 0 Å². The highest BCUT2D eigenvalue weighted by Gasteiger charge is 2.22. The fourth-order valence-corrected chi connectivity index (χ4v) is 7.15. The Hall–Kier alpha value is -5.88. The van der Waals surface area contributed by atoms with Crippen molar-refractivity contribution in [2.45, 2.75) is 67.2 Å². The van der Waals surface area contributed by atoms with Crippen molar-refractivity contribution in [3.63, 3.8) is 0 Å². The van der Waals surface area contributed by atoms with Crippen molar-refractivity contribution < 1.29 is 30.6 Å². The zero-order valence-electron chi connectivity index (χ0n) is 31.1. The summed E-state index contributed by atoms with van der Waals surface area (Å²) < 4.78 is 0. The molecule has 0 fully saturated rings. The Morgan fingerprint density at radius 3 is 0.865 bits per heavy atom. The van der Waals surface area contributed by atoms with Crippen molar-refractivity contribution in [2.75, 3.05) is 0 Å². The first-order valence-corrected chi connectivity index (χ1v) is 17.3. The van der Waals surface area contributed by atoms with Crippen molar-refractivity contribution in [1.82, 2.24) is 0 Å². The van der Waals surface area contributed by atoms with Crippen LogP contribution < -0.4 is 0 Å². The maximum Gasteiger partial charge on any atom is 0.121 e. The molecule has 0 aromatic heterocycles. The molecule has 0 unspecified atom stereocenters. The van der Waals surface area contributed by atoms with Gasteiger partial charge in [0.2, 0.25) is 0 Å². The van der Waals surface area contributed by atoms with Crippen LogP contribution in [0.1, 0.15) is 89.7 Å². The highest BCUT2D eigenvalue weighted by molar-refractivity contribution is 5.55. The molecule has 0 amide bonds. The smallest absolute Gasteiger partial charge is 0.121 e. The van der Waals surface area contributed by atoms with Gasteiger partial charge in [0.1, 0.15) is 34.5 Å². The average molecular weight is 697 g/mol. The van der Waals surface area contributed by atoms with E-state index in [1.54, 1.807) is 24.3 Å². The Kier molecular flexibility index (Phi) is 10.9. The van der Waals surface area contributed by atoms with Gasteiger partial charge in [-0.2, -0.15) is 0 Å². The van der Waals surface area contributed by atoms with Gasteiger partial charge in [-0.25, -0.2) is 0 Å². The lowest BCUT2D eigenvalue weighted by atomic mass is 9.82. The van der Waals surface area contributed by atoms with Gasteiger partial charge < -0.3 is 30.6 Å². The van der Waals surface area contributed by atoms with E-state index in [2.05, 4.69) is 0 Å². The third kappa shape index (κ3) is 7.87. The van der Waals surface area contributed by atoms with Crippen molar-refractivity contribution >= 4 is 0 Å². The van der Waals surface area contributed by atoms with Crippen LogP contribution in [0.4, 0.5) is 0 Å². The Morgan fingerprint density at radius 2 is 0.577 bits per heavy atom. The highest BCUT2D eigenvalue weighted by atomic mass is 16.3. The molecule has 6 rings (SSSR count). The van der Waals surface area contributed by atoms with Crippen molar-refractivity contribution in [3.8, 4) is 34.5 Å². The van der Waals surface area contributed by atoms with E-state index in [0.29, 0.717) is 23.0 Å². The topological polar surface area (TPSA) is 121 Å². The van der Waals surface area contributed by atoms with Gasteiger partial charge in [-0.1, -0.05) is 72.8 Å². The third-order valence-electron chi connectivity index (χ3n) is 9.82. The molecule has 0 saturated carbocycles. The first kappa shape index (κ1) is 37.4. The molecular weight excluding hydrogens is 649 g/mol. The Labute approximate surface area is 306 Å². The Balaban J connectivity index is 0.000000201. The van der Waals surface area contributed by atoms with Crippen LogP contribution >= 0.6 is 0 Å². The summed E-state index contributed by atoms with van der Waals surface area (Å²) in [5, 5.41) is 60.2. The standard InChI is InChI=1S/2C23H24O3/c1-13-9-18(10-14(2)22(13)25)21(17-5-7-20(24)8-6-17)19-11-15(3)23(26)16(4)12-19;1-13-8-18(9-14(2)22(13)25)21(17-6-5-7-20(24)12-17)19-10-15(3)23(26)16(4)11-19/h2*5-12,21,24-26H,1-4H3. The summed E-state index contributed by atoms with van der Waals surface area (Å²) in [5.41, 5.74) is 12.8. The van der Waals surface area contributed by atoms with Crippen LogP contribution in [-0.4, -0.2) is 30.6 Å². The average Bonchev–Trinajstić information content (AvgIpc) is 3.08. The number of hydrogen-bond donors (Lipinski definition) is 6. The van der Waals surface area contributed by atoms with Gasteiger partial charge in [0.25, 0.3) is 0 Å². The number of hydrogen-bond acceptors (Lipinski definition) is 6. The number of phenolic OH excluding ortho intramolecular Hbond substituents is 6. The Bertz CT molecular complexity index is 2040. The van der Waals surface area contributed by atoms with Gasteiger partial charge in [0.05, 0.1) is 0 Å². The van der Waals surface area contributed by atoms with Gasteiger partial charge in [0.15, 0.2) is 0 Å². The van der Waals surface area contributed by atoms with Crippen molar-refractivity contribution in [3.05, 3.63) is 175 Å². The predicted molar refractivity (Wildman–Crippen MR) is 208 cm³/mol. The number of aromatic hydroxyl groups is 6. The third-order valence-corrected chi connectivity index (χ3v) is 9.82. The van der Waals surface area contributed by atoms with Crippen molar-refractivity contribution in [1.29, 1.82) is 0 Å². The van der Waals surface area contributed by atoms with Crippen LogP contribution in [0, 0.1) is 55.4 Å². The summed E-state index contributed by atoms with van der Waals surface area (Å²) in [5.74, 6) is 1.51. The zero-order valence-corrected chi connectivity index (χ0v) is 31.1. The highest BCUT2D eigenvalue weighted by Crippen LogP contribution is 2.40. The molecule has 0 aliphatic carbocycles. The molecule has 52 heavy (non-hydrogen) atoms. The molecule has 6 aromatic rings. The predicted octanol–water partition coefficient (Wildman–Crippen LogP) is 10.4. The molecule has 0 bridgehead atoms. The second kappa shape index (κ2) is 15.2. The summed E-state index contributed by atoms with van der Waals surface area (Å²) in [6.07, 6.45) is 0. The second-order valence-corrected chi connectivity index (χ2v) is 14.1. The minimum atomic E-state index is -0.113. The van der Waals surface area contributed by atoms with Crippen LogP contribution in [0.5, 0.6) is 34.5 Å². The molecule has 0 radical (unpaired) electrons. The second-order valence-electron chi connectivity index (χ2n) is 14.1. The quantitative estimate of drug-likeness (QED) is 0.0964. The maximum absolute atomic E-state index is 10.1. The van der Waals surface area contributed by atoms with E-state index in [0.717, 1.165) is 77.9 Å². The molecule has 6 nitrogen and oxygen atoms in total.